The monoisotopic (exact) mass is 416 g/mol. The van der Waals surface area contributed by atoms with E-state index in [1.807, 2.05) is 6.07 Å². The lowest BCUT2D eigenvalue weighted by atomic mass is 10.2. The number of nitrogens with zero attached hydrogens (tertiary/aromatic N) is 1. The Morgan fingerprint density at radius 1 is 1.04 bits per heavy atom. The highest BCUT2D eigenvalue weighted by molar-refractivity contribution is 6.39. The summed E-state index contributed by atoms with van der Waals surface area (Å²) in [6.45, 7) is 0. The molecule has 0 aliphatic rings. The zero-order valence-electron chi connectivity index (χ0n) is 13.7. The van der Waals surface area contributed by atoms with Crippen molar-refractivity contribution < 1.29 is 9.21 Å². The number of nitrogens with one attached hydrogen (secondary N) is 1. The van der Waals surface area contributed by atoms with Gasteiger partial charge in [-0.15, -0.1) is 0 Å². The molecular weight excluding hydrogens is 407 g/mol. The number of carbonyl (C=O) groups is 1. The second kappa shape index (κ2) is 8.32. The largest absolute Gasteiger partial charge is 0.457 e. The van der Waals surface area contributed by atoms with Gasteiger partial charge in [-0.05, 0) is 42.5 Å². The Balaban J connectivity index is 1.86. The summed E-state index contributed by atoms with van der Waals surface area (Å²) in [7, 11) is 0. The van der Waals surface area contributed by atoms with Crippen LogP contribution in [0.4, 0.5) is 5.69 Å². The van der Waals surface area contributed by atoms with Gasteiger partial charge >= 0.3 is 0 Å². The second-order valence-electron chi connectivity index (χ2n) is 5.43. The quantitative estimate of drug-likeness (QED) is 0.392. The Morgan fingerprint density at radius 2 is 1.74 bits per heavy atom. The molecule has 3 aromatic rings. The Kier molecular flexibility index (Phi) is 5.88. The van der Waals surface area contributed by atoms with Gasteiger partial charge in [-0.3, -0.25) is 4.79 Å². The van der Waals surface area contributed by atoms with Crippen molar-refractivity contribution >= 4 is 52.5 Å². The van der Waals surface area contributed by atoms with Crippen LogP contribution in [0.3, 0.4) is 0 Å². The van der Waals surface area contributed by atoms with Crippen LogP contribution in [0, 0.1) is 11.3 Å². The van der Waals surface area contributed by atoms with Crippen molar-refractivity contribution in [3.63, 3.8) is 0 Å². The summed E-state index contributed by atoms with van der Waals surface area (Å²) in [6.07, 6.45) is 1.34. The molecule has 134 valence electrons. The first-order valence-electron chi connectivity index (χ1n) is 7.71. The van der Waals surface area contributed by atoms with Crippen LogP contribution >= 0.6 is 34.8 Å². The minimum absolute atomic E-state index is 0.124. The standard InChI is InChI=1S/C20H11Cl3N2O2/c21-13-3-1-4-14(10-13)25-20(26)12(11-24)9-15-7-8-18(27-15)19-16(22)5-2-6-17(19)23/h1-10H,(H,25,26)/b12-9+. The minimum atomic E-state index is -0.575. The van der Waals surface area contributed by atoms with Crippen LogP contribution in [0.1, 0.15) is 5.76 Å². The highest BCUT2D eigenvalue weighted by Gasteiger charge is 2.14. The molecule has 1 N–H and O–H groups in total. The molecule has 0 fully saturated rings. The molecule has 0 radical (unpaired) electrons. The van der Waals surface area contributed by atoms with E-state index in [-0.39, 0.29) is 5.57 Å². The third-order valence-corrected chi connectivity index (χ3v) is 4.44. The third-order valence-electron chi connectivity index (χ3n) is 3.57. The van der Waals surface area contributed by atoms with Crippen molar-refractivity contribution in [2.45, 2.75) is 0 Å². The molecule has 4 nitrogen and oxygen atoms in total. The molecule has 1 amide bonds. The molecule has 0 bridgehead atoms. The maximum atomic E-state index is 12.3. The molecule has 1 aromatic heterocycles. The predicted octanol–water partition coefficient (Wildman–Crippen LogP) is 6.45. The molecule has 0 saturated carbocycles. The molecule has 0 spiro atoms. The number of halogens is 3. The van der Waals surface area contributed by atoms with E-state index in [2.05, 4.69) is 5.32 Å². The first-order chi connectivity index (χ1) is 13.0. The van der Waals surface area contributed by atoms with Gasteiger partial charge in [0.1, 0.15) is 23.2 Å². The average molecular weight is 418 g/mol. The molecule has 2 aromatic carbocycles. The molecular formula is C20H11Cl3N2O2. The number of benzene rings is 2. The molecule has 0 aliphatic carbocycles. The van der Waals surface area contributed by atoms with Crippen molar-refractivity contribution in [3.8, 4) is 17.4 Å². The SMILES string of the molecule is N#C/C(=C\c1ccc(-c2c(Cl)cccc2Cl)o1)C(=O)Nc1cccc(Cl)c1. The summed E-state index contributed by atoms with van der Waals surface area (Å²) in [6, 6.07) is 16.9. The Hall–Kier alpha value is -2.71. The number of hydrogen-bond donors (Lipinski definition) is 1. The number of anilines is 1. The molecule has 3 rings (SSSR count). The van der Waals surface area contributed by atoms with Crippen molar-refractivity contribution in [1.29, 1.82) is 5.26 Å². The second-order valence-corrected chi connectivity index (χ2v) is 6.68. The van der Waals surface area contributed by atoms with Gasteiger partial charge in [0.05, 0.1) is 15.6 Å². The van der Waals surface area contributed by atoms with Crippen LogP contribution in [0.25, 0.3) is 17.4 Å². The minimum Gasteiger partial charge on any atom is -0.457 e. The molecule has 1 heterocycles. The number of hydrogen-bond acceptors (Lipinski definition) is 3. The molecule has 7 heteroatoms. The molecule has 0 unspecified atom stereocenters. The summed E-state index contributed by atoms with van der Waals surface area (Å²) in [4.78, 5) is 12.3. The number of amides is 1. The van der Waals surface area contributed by atoms with E-state index in [9.17, 15) is 10.1 Å². The molecule has 0 saturated heterocycles. The molecule has 0 aliphatic heterocycles. The topological polar surface area (TPSA) is 66.0 Å². The van der Waals surface area contributed by atoms with Gasteiger partial charge in [-0.1, -0.05) is 46.9 Å². The summed E-state index contributed by atoms with van der Waals surface area (Å²) < 4.78 is 5.69. The van der Waals surface area contributed by atoms with E-state index >= 15 is 0 Å². The van der Waals surface area contributed by atoms with Gasteiger partial charge in [0.25, 0.3) is 5.91 Å². The first-order valence-corrected chi connectivity index (χ1v) is 8.84. The molecule has 0 atom stereocenters. The number of carbonyl (C=O) groups excluding carboxylic acids is 1. The van der Waals surface area contributed by atoms with E-state index in [1.54, 1.807) is 54.6 Å². The first kappa shape index (κ1) is 19.1. The lowest BCUT2D eigenvalue weighted by Crippen LogP contribution is -2.13. The molecule has 27 heavy (non-hydrogen) atoms. The fraction of sp³-hybridized carbons (Fsp3) is 0. The fourth-order valence-corrected chi connectivity index (χ4v) is 3.13. The zero-order chi connectivity index (χ0) is 19.4. The third kappa shape index (κ3) is 4.53. The van der Waals surface area contributed by atoms with Crippen molar-refractivity contribution in [1.82, 2.24) is 0 Å². The number of furan rings is 1. The van der Waals surface area contributed by atoms with Gasteiger partial charge < -0.3 is 9.73 Å². The van der Waals surface area contributed by atoms with E-state index in [0.717, 1.165) is 0 Å². The Bertz CT molecular complexity index is 1060. The number of nitriles is 1. The predicted molar refractivity (Wildman–Crippen MR) is 108 cm³/mol. The van der Waals surface area contributed by atoms with Crippen LogP contribution in [0.2, 0.25) is 15.1 Å². The van der Waals surface area contributed by atoms with Gasteiger partial charge in [0.2, 0.25) is 0 Å². The summed E-state index contributed by atoms with van der Waals surface area (Å²) in [5.41, 5.74) is 0.903. The Labute approximate surface area is 170 Å². The smallest absolute Gasteiger partial charge is 0.266 e. The van der Waals surface area contributed by atoms with Gasteiger partial charge in [-0.2, -0.15) is 5.26 Å². The van der Waals surface area contributed by atoms with Gasteiger partial charge in [-0.25, -0.2) is 0 Å². The average Bonchev–Trinajstić information content (AvgIpc) is 3.07. The normalized spacial score (nSPS) is 11.1. The highest BCUT2D eigenvalue weighted by Crippen LogP contribution is 2.35. The maximum Gasteiger partial charge on any atom is 0.266 e. The fourth-order valence-electron chi connectivity index (χ4n) is 2.35. The van der Waals surface area contributed by atoms with Gasteiger partial charge in [0.15, 0.2) is 0 Å². The van der Waals surface area contributed by atoms with Crippen LogP contribution in [-0.2, 0) is 4.79 Å². The summed E-state index contributed by atoms with van der Waals surface area (Å²) in [5, 5.41) is 13.3. The lowest BCUT2D eigenvalue weighted by Gasteiger charge is -2.04. The maximum absolute atomic E-state index is 12.3. The highest BCUT2D eigenvalue weighted by atomic mass is 35.5. The van der Waals surface area contributed by atoms with E-state index in [4.69, 9.17) is 39.2 Å². The lowest BCUT2D eigenvalue weighted by molar-refractivity contribution is -0.112. The van der Waals surface area contributed by atoms with Crippen LogP contribution in [0.5, 0.6) is 0 Å². The van der Waals surface area contributed by atoms with Crippen LogP contribution < -0.4 is 5.32 Å². The summed E-state index contributed by atoms with van der Waals surface area (Å²) >= 11 is 18.2. The van der Waals surface area contributed by atoms with E-state index < -0.39 is 5.91 Å². The zero-order valence-corrected chi connectivity index (χ0v) is 15.9. The van der Waals surface area contributed by atoms with Crippen LogP contribution in [-0.4, -0.2) is 5.91 Å². The van der Waals surface area contributed by atoms with Gasteiger partial charge in [0, 0.05) is 16.8 Å². The van der Waals surface area contributed by atoms with E-state index in [1.165, 1.54) is 6.08 Å². The summed E-state index contributed by atoms with van der Waals surface area (Å²) in [5.74, 6) is 0.177. The van der Waals surface area contributed by atoms with E-state index in [0.29, 0.717) is 37.8 Å². The number of rotatable bonds is 4. The van der Waals surface area contributed by atoms with Crippen LogP contribution in [0.15, 0.2) is 64.6 Å². The Morgan fingerprint density at radius 3 is 2.41 bits per heavy atom. The van der Waals surface area contributed by atoms with Crippen molar-refractivity contribution in [2.75, 3.05) is 5.32 Å². The van der Waals surface area contributed by atoms with Crippen molar-refractivity contribution in [2.24, 2.45) is 0 Å². The van der Waals surface area contributed by atoms with Crippen molar-refractivity contribution in [3.05, 3.63) is 81.0 Å².